The predicted molar refractivity (Wildman–Crippen MR) is 74.2 cm³/mol. The maximum atomic E-state index is 13.1. The van der Waals surface area contributed by atoms with Crippen LogP contribution in [0.4, 0.5) is 10.1 Å². The minimum Gasteiger partial charge on any atom is -0.508 e. The summed E-state index contributed by atoms with van der Waals surface area (Å²) in [6, 6.07) is 11.2. The molecule has 0 saturated heterocycles. The minimum atomic E-state index is -0.494. The van der Waals surface area contributed by atoms with Gasteiger partial charge in [-0.3, -0.25) is 0 Å². The van der Waals surface area contributed by atoms with E-state index in [4.69, 9.17) is 5.26 Å². The molecule has 0 spiro atoms. The second-order valence-corrected chi connectivity index (χ2v) is 4.89. The lowest BCUT2D eigenvalue weighted by molar-refractivity contribution is 0.468. The third kappa shape index (κ3) is 3.46. The van der Waals surface area contributed by atoms with Crippen LogP contribution in [0.15, 0.2) is 40.9 Å². The van der Waals surface area contributed by atoms with Gasteiger partial charge in [0, 0.05) is 17.1 Å². The van der Waals surface area contributed by atoms with E-state index in [9.17, 15) is 9.50 Å². The summed E-state index contributed by atoms with van der Waals surface area (Å²) in [4.78, 5) is 0. The van der Waals surface area contributed by atoms with Gasteiger partial charge in [-0.25, -0.2) is 4.39 Å². The van der Waals surface area contributed by atoms with E-state index < -0.39 is 5.82 Å². The van der Waals surface area contributed by atoms with Gasteiger partial charge in [0.05, 0.1) is 11.3 Å². The maximum absolute atomic E-state index is 13.1. The van der Waals surface area contributed by atoms with Gasteiger partial charge in [0.15, 0.2) is 0 Å². The Morgan fingerprint density at radius 2 is 2.05 bits per heavy atom. The highest BCUT2D eigenvalue weighted by molar-refractivity contribution is 9.10. The fraction of sp³-hybridized carbons (Fsp3) is 0.0714. The van der Waals surface area contributed by atoms with Gasteiger partial charge in [0.1, 0.15) is 17.6 Å². The molecule has 0 saturated carbocycles. The first-order valence-corrected chi connectivity index (χ1v) is 6.30. The molecule has 0 unspecified atom stereocenters. The molecule has 19 heavy (non-hydrogen) atoms. The summed E-state index contributed by atoms with van der Waals surface area (Å²) in [5, 5.41) is 21.3. The highest BCUT2D eigenvalue weighted by Gasteiger charge is 2.04. The molecule has 0 aromatic heterocycles. The zero-order chi connectivity index (χ0) is 13.8. The zero-order valence-electron chi connectivity index (χ0n) is 9.82. The van der Waals surface area contributed by atoms with Crippen LogP contribution in [-0.4, -0.2) is 5.11 Å². The molecule has 96 valence electrons. The van der Waals surface area contributed by atoms with Crippen molar-refractivity contribution in [1.29, 1.82) is 5.26 Å². The third-order valence-corrected chi connectivity index (χ3v) is 3.02. The Balaban J connectivity index is 2.19. The number of anilines is 1. The molecule has 0 fully saturated rings. The van der Waals surface area contributed by atoms with Crippen LogP contribution in [-0.2, 0) is 6.54 Å². The zero-order valence-corrected chi connectivity index (χ0v) is 11.4. The number of hydrogen-bond acceptors (Lipinski definition) is 3. The van der Waals surface area contributed by atoms with E-state index in [-0.39, 0.29) is 5.75 Å². The van der Waals surface area contributed by atoms with Gasteiger partial charge in [-0.1, -0.05) is 15.9 Å². The van der Waals surface area contributed by atoms with Gasteiger partial charge in [-0.05, 0) is 35.9 Å². The fourth-order valence-corrected chi connectivity index (χ4v) is 2.05. The van der Waals surface area contributed by atoms with E-state index in [1.54, 1.807) is 18.2 Å². The first kappa shape index (κ1) is 13.4. The first-order chi connectivity index (χ1) is 9.08. The molecule has 0 bridgehead atoms. The quantitative estimate of drug-likeness (QED) is 0.904. The molecule has 2 aromatic rings. The summed E-state index contributed by atoms with van der Waals surface area (Å²) in [6.07, 6.45) is 0. The number of nitrogens with zero attached hydrogens (tertiary/aromatic N) is 1. The van der Waals surface area contributed by atoms with Crippen molar-refractivity contribution in [2.75, 3.05) is 5.32 Å². The summed E-state index contributed by atoms with van der Waals surface area (Å²) in [6.45, 7) is 0.316. The van der Waals surface area contributed by atoms with Crippen LogP contribution in [0.25, 0.3) is 0 Å². The van der Waals surface area contributed by atoms with E-state index in [0.717, 1.165) is 10.5 Å². The van der Waals surface area contributed by atoms with E-state index >= 15 is 0 Å². The van der Waals surface area contributed by atoms with Gasteiger partial charge < -0.3 is 10.4 Å². The highest BCUT2D eigenvalue weighted by Crippen LogP contribution is 2.22. The molecule has 0 amide bonds. The molecular weight excluding hydrogens is 311 g/mol. The predicted octanol–water partition coefficient (Wildman–Crippen LogP) is 3.78. The average molecular weight is 321 g/mol. The topological polar surface area (TPSA) is 56.0 Å². The number of hydrogen-bond donors (Lipinski definition) is 2. The van der Waals surface area contributed by atoms with Crippen molar-refractivity contribution in [3.8, 4) is 11.8 Å². The van der Waals surface area contributed by atoms with Crippen LogP contribution in [0, 0.1) is 17.1 Å². The van der Waals surface area contributed by atoms with Crippen molar-refractivity contribution in [3.05, 3.63) is 57.8 Å². The SMILES string of the molecule is N#Cc1ccc(Br)cc1NCc1cc(O)cc(F)c1. The number of phenols is 1. The van der Waals surface area contributed by atoms with E-state index in [1.807, 2.05) is 0 Å². The third-order valence-electron chi connectivity index (χ3n) is 2.53. The Bertz CT molecular complexity index is 632. The molecule has 2 aromatic carbocycles. The van der Waals surface area contributed by atoms with Gasteiger partial charge in [-0.15, -0.1) is 0 Å². The maximum Gasteiger partial charge on any atom is 0.127 e. The lowest BCUT2D eigenvalue weighted by Gasteiger charge is -2.09. The van der Waals surface area contributed by atoms with Crippen molar-refractivity contribution in [2.24, 2.45) is 0 Å². The van der Waals surface area contributed by atoms with Crippen molar-refractivity contribution >= 4 is 21.6 Å². The minimum absolute atomic E-state index is 0.119. The molecule has 0 heterocycles. The Morgan fingerprint density at radius 1 is 1.26 bits per heavy atom. The van der Waals surface area contributed by atoms with Gasteiger partial charge >= 0.3 is 0 Å². The molecular formula is C14H10BrFN2O. The number of phenolic OH excluding ortho intramolecular Hbond substituents is 1. The molecule has 0 aliphatic carbocycles. The van der Waals surface area contributed by atoms with Crippen LogP contribution in [0.5, 0.6) is 5.75 Å². The normalized spacial score (nSPS) is 9.95. The molecule has 2 rings (SSSR count). The molecule has 0 radical (unpaired) electrons. The summed E-state index contributed by atoms with van der Waals surface area (Å²) in [7, 11) is 0. The van der Waals surface area contributed by atoms with Crippen molar-refractivity contribution in [2.45, 2.75) is 6.54 Å². The highest BCUT2D eigenvalue weighted by atomic mass is 79.9. The Hall–Kier alpha value is -2.06. The van der Waals surface area contributed by atoms with Crippen LogP contribution in [0.3, 0.4) is 0 Å². The largest absolute Gasteiger partial charge is 0.508 e. The van der Waals surface area contributed by atoms with Crippen LogP contribution in [0.2, 0.25) is 0 Å². The second-order valence-electron chi connectivity index (χ2n) is 3.97. The van der Waals surface area contributed by atoms with E-state index in [1.165, 1.54) is 12.1 Å². The lowest BCUT2D eigenvalue weighted by atomic mass is 10.1. The van der Waals surface area contributed by atoms with Crippen LogP contribution in [0.1, 0.15) is 11.1 Å². The number of halogens is 2. The van der Waals surface area contributed by atoms with Gasteiger partial charge in [0.2, 0.25) is 0 Å². The molecule has 0 aliphatic rings. The Labute approximate surface area is 118 Å². The summed E-state index contributed by atoms with van der Waals surface area (Å²) < 4.78 is 14.0. The Kier molecular flexibility index (Phi) is 4.03. The van der Waals surface area contributed by atoms with Gasteiger partial charge in [-0.2, -0.15) is 5.26 Å². The summed E-state index contributed by atoms with van der Waals surface area (Å²) >= 11 is 3.33. The number of nitrogens with one attached hydrogen (secondary N) is 1. The second kappa shape index (κ2) is 5.72. The van der Waals surface area contributed by atoms with E-state index in [0.29, 0.717) is 23.4 Å². The number of aromatic hydroxyl groups is 1. The molecule has 0 aliphatic heterocycles. The summed E-state index contributed by atoms with van der Waals surface area (Å²) in [5.41, 5.74) is 1.76. The standard InChI is InChI=1S/C14H10BrFN2O/c15-11-2-1-10(7-17)14(5-11)18-8-9-3-12(16)6-13(19)4-9/h1-6,18-19H,8H2. The molecule has 0 atom stereocenters. The molecule has 2 N–H and O–H groups in total. The molecule has 5 heteroatoms. The smallest absolute Gasteiger partial charge is 0.127 e. The van der Waals surface area contributed by atoms with Crippen molar-refractivity contribution < 1.29 is 9.50 Å². The number of nitriles is 1. The average Bonchev–Trinajstić information content (AvgIpc) is 2.35. The summed E-state index contributed by atoms with van der Waals surface area (Å²) in [5.74, 6) is -0.613. The Morgan fingerprint density at radius 3 is 2.74 bits per heavy atom. The first-order valence-electron chi connectivity index (χ1n) is 5.50. The van der Waals surface area contributed by atoms with Crippen LogP contribution >= 0.6 is 15.9 Å². The molecule has 3 nitrogen and oxygen atoms in total. The number of benzene rings is 2. The number of rotatable bonds is 3. The fourth-order valence-electron chi connectivity index (χ4n) is 1.69. The van der Waals surface area contributed by atoms with Gasteiger partial charge in [0.25, 0.3) is 0 Å². The van der Waals surface area contributed by atoms with Crippen molar-refractivity contribution in [1.82, 2.24) is 0 Å². The monoisotopic (exact) mass is 320 g/mol. The van der Waals surface area contributed by atoms with Crippen molar-refractivity contribution in [3.63, 3.8) is 0 Å². The van der Waals surface area contributed by atoms with E-state index in [2.05, 4.69) is 27.3 Å². The van der Waals surface area contributed by atoms with Crippen LogP contribution < -0.4 is 5.32 Å². The lowest BCUT2D eigenvalue weighted by Crippen LogP contribution is -2.01.